The fourth-order valence-corrected chi connectivity index (χ4v) is 25.0. The number of rotatable bonds is 2. The second-order valence-corrected chi connectivity index (χ2v) is 34.4. The van der Waals surface area contributed by atoms with E-state index in [9.17, 15) is 0 Å². The third-order valence-electron chi connectivity index (χ3n) is 2.29. The van der Waals surface area contributed by atoms with E-state index in [0.717, 1.165) is 5.69 Å². The number of aryl methyl sites for hydroxylation is 1. The molecule has 0 N–H and O–H groups in total. The molecule has 1 aromatic rings. The van der Waals surface area contributed by atoms with Crippen LogP contribution in [-0.2, 0) is 0 Å². The summed E-state index contributed by atoms with van der Waals surface area (Å²) in [7, 11) is 0. The van der Waals surface area contributed by atoms with Gasteiger partial charge in [-0.2, -0.15) is 0 Å². The normalized spacial score (nSPS) is 13.4. The Kier molecular flexibility index (Phi) is 3.67. The van der Waals surface area contributed by atoms with Crippen LogP contribution in [0, 0.1) is 6.92 Å². The van der Waals surface area contributed by atoms with Crippen LogP contribution in [0.1, 0.15) is 5.69 Å². The quantitative estimate of drug-likeness (QED) is 0.700. The molecule has 0 unspecified atom stereocenters. The standard InChI is InChI=1S/C4H3NO.6CH3.2Sn/c1-4-2-3-6-5-4;;;;;;;;/h1H3;6*1H3;;. The van der Waals surface area contributed by atoms with Crippen molar-refractivity contribution in [3.63, 3.8) is 0 Å². The molecule has 1 heterocycles. The molecular formula is C10H21NOSn2. The molecule has 0 aliphatic heterocycles. The molecule has 1 aromatic heterocycles. The molecule has 1 rings (SSSR count). The Morgan fingerprint density at radius 1 is 0.929 bits per heavy atom. The number of hydrogen-bond acceptors (Lipinski definition) is 2. The molecule has 0 aliphatic rings. The van der Waals surface area contributed by atoms with Crippen molar-refractivity contribution >= 4 is 44.1 Å². The van der Waals surface area contributed by atoms with Gasteiger partial charge in [-0.3, -0.25) is 0 Å². The zero-order valence-corrected chi connectivity index (χ0v) is 16.1. The fraction of sp³-hybridized carbons (Fsp3) is 0.700. The summed E-state index contributed by atoms with van der Waals surface area (Å²) in [4.78, 5) is 14.5. The second-order valence-electron chi connectivity index (χ2n) is 5.97. The third-order valence-corrected chi connectivity index (χ3v) is 15.2. The van der Waals surface area contributed by atoms with Crippen LogP contribution in [0.5, 0.6) is 0 Å². The van der Waals surface area contributed by atoms with Gasteiger partial charge in [0.1, 0.15) is 0 Å². The zero-order chi connectivity index (χ0) is 11.1. The molecule has 0 aromatic carbocycles. The van der Waals surface area contributed by atoms with Crippen LogP contribution < -0.4 is 7.36 Å². The fourth-order valence-electron chi connectivity index (χ4n) is 1.76. The minimum atomic E-state index is -2.07. The molecule has 0 aliphatic carbocycles. The molecular weight excluding hydrogens is 388 g/mol. The van der Waals surface area contributed by atoms with Gasteiger partial charge in [-0.1, -0.05) is 0 Å². The molecule has 2 nitrogen and oxygen atoms in total. The maximum absolute atomic E-state index is 5.58. The van der Waals surface area contributed by atoms with E-state index >= 15 is 0 Å². The van der Waals surface area contributed by atoms with Gasteiger partial charge in [-0.05, 0) is 0 Å². The number of aromatic nitrogens is 1. The Morgan fingerprint density at radius 2 is 1.43 bits per heavy atom. The topological polar surface area (TPSA) is 26.0 Å². The minimum absolute atomic E-state index is 1.16. The third kappa shape index (κ3) is 2.68. The van der Waals surface area contributed by atoms with Crippen LogP contribution in [0.15, 0.2) is 4.52 Å². The van der Waals surface area contributed by atoms with Gasteiger partial charge >= 0.3 is 96.0 Å². The summed E-state index contributed by atoms with van der Waals surface area (Å²) in [5.41, 5.74) is 1.16. The maximum atomic E-state index is 5.58. The summed E-state index contributed by atoms with van der Waals surface area (Å²) in [6, 6.07) is 0. The van der Waals surface area contributed by atoms with Gasteiger partial charge in [0.05, 0.1) is 0 Å². The average Bonchev–Trinajstić information content (AvgIpc) is 2.27. The molecule has 0 saturated heterocycles. The van der Waals surface area contributed by atoms with Crippen LogP contribution in [0.3, 0.4) is 0 Å². The van der Waals surface area contributed by atoms with Gasteiger partial charge < -0.3 is 0 Å². The van der Waals surface area contributed by atoms with Crippen molar-refractivity contribution in [1.29, 1.82) is 0 Å². The van der Waals surface area contributed by atoms with Crippen molar-refractivity contribution in [1.82, 2.24) is 5.16 Å². The van der Waals surface area contributed by atoms with Crippen molar-refractivity contribution in [2.24, 2.45) is 0 Å². The first-order chi connectivity index (χ1) is 6.14. The van der Waals surface area contributed by atoms with Gasteiger partial charge in [0, 0.05) is 0 Å². The Bertz CT molecular complexity index is 331. The van der Waals surface area contributed by atoms with Crippen LogP contribution in [0.2, 0.25) is 29.6 Å². The number of hydrogen-bond donors (Lipinski definition) is 0. The Balaban J connectivity index is 3.35. The predicted molar refractivity (Wildman–Crippen MR) is 67.2 cm³/mol. The molecule has 0 radical (unpaired) electrons. The molecule has 14 heavy (non-hydrogen) atoms. The van der Waals surface area contributed by atoms with Crippen molar-refractivity contribution in [3.05, 3.63) is 5.69 Å². The molecule has 0 amide bonds. The van der Waals surface area contributed by atoms with Crippen LogP contribution in [-0.4, -0.2) is 41.9 Å². The summed E-state index contributed by atoms with van der Waals surface area (Å²) >= 11 is -4.10. The SMILES string of the molecule is Cc1no[c]([Sn]([CH3])([CH3])[CH3])[c]1[Sn]([CH3])([CH3])[CH3]. The Morgan fingerprint density at radius 3 is 1.71 bits per heavy atom. The van der Waals surface area contributed by atoms with Gasteiger partial charge in [0.15, 0.2) is 0 Å². The van der Waals surface area contributed by atoms with Crippen LogP contribution in [0.4, 0.5) is 0 Å². The van der Waals surface area contributed by atoms with E-state index < -0.39 is 36.8 Å². The van der Waals surface area contributed by atoms with Gasteiger partial charge in [-0.15, -0.1) is 0 Å². The van der Waals surface area contributed by atoms with E-state index in [0.29, 0.717) is 0 Å². The molecule has 80 valence electrons. The summed E-state index contributed by atoms with van der Waals surface area (Å²) in [5, 5.41) is 4.18. The molecule has 0 fully saturated rings. The van der Waals surface area contributed by atoms with E-state index in [1.54, 1.807) is 3.58 Å². The molecule has 0 spiro atoms. The molecule has 0 saturated carbocycles. The Labute approximate surface area is 95.2 Å². The summed E-state index contributed by atoms with van der Waals surface area (Å²) in [5.74, 6) is 0. The van der Waals surface area contributed by atoms with E-state index in [1.807, 2.05) is 0 Å². The zero-order valence-electron chi connectivity index (χ0n) is 10.4. The average molecular weight is 409 g/mol. The van der Waals surface area contributed by atoms with Gasteiger partial charge in [-0.25, -0.2) is 0 Å². The van der Waals surface area contributed by atoms with Gasteiger partial charge in [0.25, 0.3) is 0 Å². The van der Waals surface area contributed by atoms with E-state index in [-0.39, 0.29) is 0 Å². The molecule has 0 atom stereocenters. The first-order valence-electron chi connectivity index (χ1n) is 5.11. The van der Waals surface area contributed by atoms with Crippen molar-refractivity contribution < 1.29 is 4.52 Å². The summed E-state index contributed by atoms with van der Waals surface area (Å²) in [6.07, 6.45) is 0. The number of nitrogens with zero attached hydrogens (tertiary/aromatic N) is 1. The van der Waals surface area contributed by atoms with Crippen LogP contribution in [0.25, 0.3) is 0 Å². The van der Waals surface area contributed by atoms with Crippen molar-refractivity contribution in [2.45, 2.75) is 36.6 Å². The monoisotopic (exact) mass is 411 g/mol. The molecule has 0 bridgehead atoms. The second kappa shape index (κ2) is 4.00. The van der Waals surface area contributed by atoms with Crippen molar-refractivity contribution in [2.75, 3.05) is 0 Å². The van der Waals surface area contributed by atoms with Gasteiger partial charge in [0.2, 0.25) is 0 Å². The summed E-state index contributed by atoms with van der Waals surface area (Å²) in [6.45, 7) is 2.10. The van der Waals surface area contributed by atoms with E-state index in [4.69, 9.17) is 4.52 Å². The summed E-state index contributed by atoms with van der Waals surface area (Å²) < 4.78 is 8.46. The van der Waals surface area contributed by atoms with E-state index in [1.165, 1.54) is 3.78 Å². The predicted octanol–water partition coefficient (Wildman–Crippen LogP) is 2.07. The van der Waals surface area contributed by atoms with Crippen molar-refractivity contribution in [3.8, 4) is 0 Å². The van der Waals surface area contributed by atoms with Crippen LogP contribution >= 0.6 is 0 Å². The first-order valence-corrected chi connectivity index (χ1v) is 25.1. The van der Waals surface area contributed by atoms with E-state index in [2.05, 4.69) is 41.7 Å². The molecule has 4 heteroatoms. The Hall–Kier alpha value is 0.807. The first kappa shape index (κ1) is 12.9.